The number of hydrogen-bond donors (Lipinski definition) is 0. The van der Waals surface area contributed by atoms with E-state index >= 15 is 0 Å². The van der Waals surface area contributed by atoms with E-state index < -0.39 is 6.04 Å². The molecule has 0 radical (unpaired) electrons. The first-order valence-corrected chi connectivity index (χ1v) is 9.91. The number of fused-ring (bicyclic) bond motifs is 5. The first kappa shape index (κ1) is 16.4. The Balaban J connectivity index is 1.65. The van der Waals surface area contributed by atoms with Gasteiger partial charge in [-0.3, -0.25) is 10.1 Å². The predicted octanol–water partition coefficient (Wildman–Crippen LogP) is 5.54. The Labute approximate surface area is 145 Å². The Morgan fingerprint density at radius 3 is 2.67 bits per heavy atom. The van der Waals surface area contributed by atoms with E-state index in [1.54, 1.807) is 12.5 Å². The van der Waals surface area contributed by atoms with Crippen LogP contribution in [0.15, 0.2) is 23.3 Å². The molecule has 2 fully saturated rings. The number of nitrogens with zero attached hydrogens (tertiary/aromatic N) is 1. The highest BCUT2D eigenvalue weighted by Gasteiger charge is 2.57. The number of hydrogen-bond acceptors (Lipinski definition) is 2. The van der Waals surface area contributed by atoms with Crippen molar-refractivity contribution in [2.75, 3.05) is 0 Å². The Morgan fingerprint density at radius 1 is 1.12 bits per heavy atom. The molecule has 0 bridgehead atoms. The topological polar surface area (TPSA) is 43.1 Å². The molecule has 4 rings (SSSR count). The number of nitro groups is 1. The normalized spacial score (nSPS) is 45.4. The van der Waals surface area contributed by atoms with Crippen molar-refractivity contribution in [3.8, 4) is 0 Å². The highest BCUT2D eigenvalue weighted by molar-refractivity contribution is 5.31. The molecule has 4 aliphatic rings. The van der Waals surface area contributed by atoms with Crippen LogP contribution in [0.1, 0.15) is 72.1 Å². The average molecular weight is 329 g/mol. The van der Waals surface area contributed by atoms with Gasteiger partial charge in [-0.2, -0.15) is 0 Å². The van der Waals surface area contributed by atoms with Crippen molar-refractivity contribution in [2.45, 2.75) is 78.2 Å². The molecule has 2 saturated carbocycles. The lowest BCUT2D eigenvalue weighted by Gasteiger charge is -2.57. The van der Waals surface area contributed by atoms with E-state index in [1.807, 2.05) is 0 Å². The molecule has 0 aromatic rings. The summed E-state index contributed by atoms with van der Waals surface area (Å²) in [5.41, 5.74) is 3.34. The smallest absolute Gasteiger partial charge is 0.231 e. The van der Waals surface area contributed by atoms with Gasteiger partial charge in [-0.05, 0) is 73.5 Å². The SMILES string of the molecule is CC(C1=CC[C@H]2[C@@H]3CC=C4CCCC[C@]4(C)[C@H]3CC[C@]12C)[N+](=O)[O-]. The Morgan fingerprint density at radius 2 is 1.92 bits per heavy atom. The molecule has 4 aliphatic carbocycles. The average Bonchev–Trinajstić information content (AvgIpc) is 2.90. The van der Waals surface area contributed by atoms with E-state index in [2.05, 4.69) is 26.0 Å². The number of allylic oxidation sites excluding steroid dienone is 3. The van der Waals surface area contributed by atoms with Crippen molar-refractivity contribution in [1.82, 2.24) is 0 Å². The molecule has 3 nitrogen and oxygen atoms in total. The fourth-order valence-electron chi connectivity index (χ4n) is 7.06. The van der Waals surface area contributed by atoms with E-state index in [1.165, 1.54) is 38.5 Å². The third kappa shape index (κ3) is 2.09. The van der Waals surface area contributed by atoms with E-state index in [0.717, 1.165) is 30.3 Å². The number of rotatable bonds is 2. The van der Waals surface area contributed by atoms with Gasteiger partial charge in [0.15, 0.2) is 0 Å². The van der Waals surface area contributed by atoms with Crippen molar-refractivity contribution in [2.24, 2.45) is 28.6 Å². The molecule has 0 spiro atoms. The highest BCUT2D eigenvalue weighted by atomic mass is 16.6. The lowest BCUT2D eigenvalue weighted by atomic mass is 9.47. The largest absolute Gasteiger partial charge is 0.264 e. The molecule has 3 heteroatoms. The molecule has 0 heterocycles. The molecule has 132 valence electrons. The zero-order valence-electron chi connectivity index (χ0n) is 15.4. The first-order valence-electron chi connectivity index (χ1n) is 9.91. The second-order valence-electron chi connectivity index (χ2n) is 9.28. The van der Waals surface area contributed by atoms with Gasteiger partial charge < -0.3 is 0 Å². The Bertz CT molecular complexity index is 621. The fraction of sp³-hybridized carbons (Fsp3) is 0.810. The van der Waals surface area contributed by atoms with Gasteiger partial charge in [-0.25, -0.2) is 0 Å². The monoisotopic (exact) mass is 329 g/mol. The van der Waals surface area contributed by atoms with Gasteiger partial charge in [0, 0.05) is 17.4 Å². The van der Waals surface area contributed by atoms with Gasteiger partial charge in [0.05, 0.1) is 0 Å². The summed E-state index contributed by atoms with van der Waals surface area (Å²) in [7, 11) is 0. The predicted molar refractivity (Wildman–Crippen MR) is 96.2 cm³/mol. The summed E-state index contributed by atoms with van der Waals surface area (Å²) in [5.74, 6) is 2.14. The summed E-state index contributed by atoms with van der Waals surface area (Å²) < 4.78 is 0. The highest BCUT2D eigenvalue weighted by Crippen LogP contribution is 2.65. The van der Waals surface area contributed by atoms with Crippen molar-refractivity contribution >= 4 is 0 Å². The van der Waals surface area contributed by atoms with E-state index in [9.17, 15) is 10.1 Å². The quantitative estimate of drug-likeness (QED) is 0.379. The lowest BCUT2D eigenvalue weighted by Crippen LogP contribution is -2.49. The van der Waals surface area contributed by atoms with Gasteiger partial charge in [0.25, 0.3) is 0 Å². The van der Waals surface area contributed by atoms with Crippen molar-refractivity contribution in [1.29, 1.82) is 0 Å². The standard InChI is InChI=1S/C21H31NO2/c1-14(22(23)24)17-9-10-18-16-8-7-15-6-4-5-12-20(15,2)19(16)11-13-21(17,18)3/h7,9,14,16,18-19H,4-6,8,10-13H2,1-3H3/t14?,16-,18-,19-,20-,21+/m0/s1. The van der Waals surface area contributed by atoms with Crippen LogP contribution >= 0.6 is 0 Å². The molecule has 24 heavy (non-hydrogen) atoms. The summed E-state index contributed by atoms with van der Waals surface area (Å²) in [5, 5.41) is 11.4. The van der Waals surface area contributed by atoms with Crippen LogP contribution in [-0.4, -0.2) is 11.0 Å². The Hall–Kier alpha value is -1.12. The molecular weight excluding hydrogens is 298 g/mol. The summed E-state index contributed by atoms with van der Waals surface area (Å²) >= 11 is 0. The second kappa shape index (κ2) is 5.44. The van der Waals surface area contributed by atoms with Crippen LogP contribution in [0.25, 0.3) is 0 Å². The Kier molecular flexibility index (Phi) is 3.71. The third-order valence-corrected chi connectivity index (χ3v) is 8.42. The van der Waals surface area contributed by atoms with Crippen molar-refractivity contribution in [3.63, 3.8) is 0 Å². The first-order chi connectivity index (χ1) is 11.4. The lowest BCUT2D eigenvalue weighted by molar-refractivity contribution is -0.509. The molecular formula is C21H31NO2. The van der Waals surface area contributed by atoms with E-state index in [-0.39, 0.29) is 10.3 Å². The molecule has 0 aliphatic heterocycles. The van der Waals surface area contributed by atoms with Crippen LogP contribution in [0.3, 0.4) is 0 Å². The maximum absolute atomic E-state index is 11.4. The van der Waals surface area contributed by atoms with Gasteiger partial charge in [0.1, 0.15) is 0 Å². The van der Waals surface area contributed by atoms with Crippen LogP contribution in [0, 0.1) is 38.7 Å². The van der Waals surface area contributed by atoms with Crippen LogP contribution in [0.4, 0.5) is 0 Å². The maximum atomic E-state index is 11.4. The van der Waals surface area contributed by atoms with Crippen LogP contribution < -0.4 is 0 Å². The molecule has 0 saturated heterocycles. The van der Waals surface area contributed by atoms with Crippen molar-refractivity contribution in [3.05, 3.63) is 33.4 Å². The van der Waals surface area contributed by atoms with Gasteiger partial charge in [-0.15, -0.1) is 0 Å². The van der Waals surface area contributed by atoms with Crippen LogP contribution in [0.5, 0.6) is 0 Å². The summed E-state index contributed by atoms with van der Waals surface area (Å²) in [4.78, 5) is 11.3. The van der Waals surface area contributed by atoms with Crippen molar-refractivity contribution < 1.29 is 4.92 Å². The zero-order chi connectivity index (χ0) is 17.1. The molecule has 0 aromatic heterocycles. The second-order valence-corrected chi connectivity index (χ2v) is 9.28. The zero-order valence-corrected chi connectivity index (χ0v) is 15.4. The van der Waals surface area contributed by atoms with E-state index in [4.69, 9.17) is 0 Å². The molecule has 0 aromatic carbocycles. The summed E-state index contributed by atoms with van der Waals surface area (Å²) in [6.07, 6.45) is 14.9. The third-order valence-electron chi connectivity index (χ3n) is 8.42. The maximum Gasteiger partial charge on any atom is 0.231 e. The molecule has 6 atom stereocenters. The van der Waals surface area contributed by atoms with Gasteiger partial charge >= 0.3 is 0 Å². The summed E-state index contributed by atoms with van der Waals surface area (Å²) in [6.45, 7) is 6.64. The van der Waals surface area contributed by atoms with Crippen LogP contribution in [-0.2, 0) is 0 Å². The van der Waals surface area contributed by atoms with Crippen LogP contribution in [0.2, 0.25) is 0 Å². The van der Waals surface area contributed by atoms with Gasteiger partial charge in [-0.1, -0.05) is 38.0 Å². The minimum absolute atomic E-state index is 0.0595. The molecule has 0 amide bonds. The summed E-state index contributed by atoms with van der Waals surface area (Å²) in [6, 6.07) is -0.517. The fourth-order valence-corrected chi connectivity index (χ4v) is 7.06. The molecule has 0 N–H and O–H groups in total. The van der Waals surface area contributed by atoms with E-state index in [0.29, 0.717) is 11.3 Å². The molecule has 1 unspecified atom stereocenters. The van der Waals surface area contributed by atoms with Gasteiger partial charge in [0.2, 0.25) is 6.04 Å². The minimum Gasteiger partial charge on any atom is -0.264 e. The minimum atomic E-state index is -0.517.